The highest BCUT2D eigenvalue weighted by Crippen LogP contribution is 2.29. The summed E-state index contributed by atoms with van der Waals surface area (Å²) in [7, 11) is 5.60. The van der Waals surface area contributed by atoms with Crippen LogP contribution in [0.3, 0.4) is 0 Å². The minimum Gasteiger partial charge on any atom is -0.497 e. The fourth-order valence-corrected chi connectivity index (χ4v) is 3.14. The smallest absolute Gasteiger partial charge is 0.264 e. The Labute approximate surface area is 151 Å². The quantitative estimate of drug-likeness (QED) is 0.853. The third-order valence-electron chi connectivity index (χ3n) is 3.64. The maximum Gasteiger partial charge on any atom is 0.264 e. The number of anilines is 1. The number of thioether (sulfide) groups is 1. The highest BCUT2D eigenvalue weighted by atomic mass is 32.2. The predicted octanol–water partition coefficient (Wildman–Crippen LogP) is 3.65. The molecule has 25 heavy (non-hydrogen) atoms. The van der Waals surface area contributed by atoms with Crippen molar-refractivity contribution in [2.24, 2.45) is 4.99 Å². The zero-order chi connectivity index (χ0) is 17.8. The van der Waals surface area contributed by atoms with Crippen LogP contribution in [-0.4, -0.2) is 32.3 Å². The minimum absolute atomic E-state index is 0.136. The monoisotopic (exact) mass is 353 g/mol. The topological polar surface area (TPSA) is 53.9 Å². The van der Waals surface area contributed by atoms with Gasteiger partial charge < -0.3 is 15.0 Å². The van der Waals surface area contributed by atoms with Crippen molar-refractivity contribution in [1.29, 1.82) is 0 Å². The Morgan fingerprint density at radius 1 is 1.16 bits per heavy atom. The molecule has 2 aromatic rings. The van der Waals surface area contributed by atoms with E-state index < -0.39 is 0 Å². The molecule has 1 N–H and O–H groups in total. The van der Waals surface area contributed by atoms with Gasteiger partial charge >= 0.3 is 0 Å². The lowest BCUT2D eigenvalue weighted by molar-refractivity contribution is -0.115. The second kappa shape index (κ2) is 7.44. The van der Waals surface area contributed by atoms with Crippen LogP contribution < -0.4 is 15.0 Å². The van der Waals surface area contributed by atoms with Crippen LogP contribution in [0.5, 0.6) is 5.75 Å². The summed E-state index contributed by atoms with van der Waals surface area (Å²) in [5.74, 6) is 0.594. The van der Waals surface area contributed by atoms with E-state index in [1.807, 2.05) is 73.6 Å². The Hall–Kier alpha value is -2.73. The number of nitrogens with zero attached hydrogens (tertiary/aromatic N) is 2. The number of benzene rings is 2. The number of hydrogen-bond acceptors (Lipinski definition) is 5. The fourth-order valence-electron chi connectivity index (χ4n) is 2.30. The van der Waals surface area contributed by atoms with Gasteiger partial charge in [0.1, 0.15) is 5.75 Å². The first-order chi connectivity index (χ1) is 12.0. The summed E-state index contributed by atoms with van der Waals surface area (Å²) in [6.45, 7) is 0. The molecule has 0 bridgehead atoms. The number of methoxy groups -OCH3 is 1. The van der Waals surface area contributed by atoms with Crippen LogP contribution in [0.4, 0.5) is 11.4 Å². The molecular formula is C19H19N3O2S. The standard InChI is InChI=1S/C19H19N3O2S/c1-22(2)15-9-7-13(8-10-15)11-17-18(23)21-19(25-17)20-14-5-4-6-16(12-14)24-3/h4-12H,1-3H3,(H,20,21,23)/b17-11+. The lowest BCUT2D eigenvalue weighted by Crippen LogP contribution is -2.19. The minimum atomic E-state index is -0.136. The van der Waals surface area contributed by atoms with Crippen LogP contribution in [-0.2, 0) is 4.79 Å². The van der Waals surface area contributed by atoms with Crippen LogP contribution in [0.1, 0.15) is 5.56 Å². The van der Waals surface area contributed by atoms with E-state index in [9.17, 15) is 4.79 Å². The molecule has 2 aromatic carbocycles. The molecule has 6 heteroatoms. The van der Waals surface area contributed by atoms with E-state index in [1.54, 1.807) is 7.11 Å². The lowest BCUT2D eigenvalue weighted by atomic mass is 10.2. The SMILES string of the molecule is COc1cccc(N=C2NC(=O)/C(=C\c3ccc(N(C)C)cc3)S2)c1. The van der Waals surface area contributed by atoms with Gasteiger partial charge in [-0.15, -0.1) is 0 Å². The maximum atomic E-state index is 12.2. The summed E-state index contributed by atoms with van der Waals surface area (Å²) < 4.78 is 5.19. The summed E-state index contributed by atoms with van der Waals surface area (Å²) in [6.07, 6.45) is 1.87. The van der Waals surface area contributed by atoms with Gasteiger partial charge in [-0.25, -0.2) is 4.99 Å². The fraction of sp³-hybridized carbons (Fsp3) is 0.158. The second-order valence-corrected chi connectivity index (χ2v) is 6.70. The number of amides is 1. The highest BCUT2D eigenvalue weighted by molar-refractivity contribution is 8.18. The number of carbonyl (C=O) groups excluding carboxylic acids is 1. The van der Waals surface area contributed by atoms with Crippen molar-refractivity contribution in [1.82, 2.24) is 5.32 Å². The number of amidine groups is 1. The van der Waals surface area contributed by atoms with E-state index >= 15 is 0 Å². The molecule has 1 fully saturated rings. The van der Waals surface area contributed by atoms with Crippen molar-refractivity contribution in [3.63, 3.8) is 0 Å². The number of nitrogens with one attached hydrogen (secondary N) is 1. The molecule has 1 amide bonds. The number of aliphatic imine (C=N–C) groups is 1. The summed E-state index contributed by atoms with van der Waals surface area (Å²) in [5, 5.41) is 3.36. The number of rotatable bonds is 4. The first-order valence-electron chi connectivity index (χ1n) is 7.76. The largest absolute Gasteiger partial charge is 0.497 e. The summed E-state index contributed by atoms with van der Waals surface area (Å²) in [6, 6.07) is 15.4. The van der Waals surface area contributed by atoms with Crippen LogP contribution in [0.25, 0.3) is 6.08 Å². The first-order valence-corrected chi connectivity index (χ1v) is 8.58. The van der Waals surface area contributed by atoms with Crippen LogP contribution in [0.15, 0.2) is 58.4 Å². The molecule has 1 heterocycles. The lowest BCUT2D eigenvalue weighted by Gasteiger charge is -2.11. The second-order valence-electron chi connectivity index (χ2n) is 5.67. The van der Waals surface area contributed by atoms with Crippen molar-refractivity contribution in [2.75, 3.05) is 26.1 Å². The Morgan fingerprint density at radius 3 is 2.60 bits per heavy atom. The predicted molar refractivity (Wildman–Crippen MR) is 105 cm³/mol. The van der Waals surface area contributed by atoms with Gasteiger partial charge in [0, 0.05) is 25.8 Å². The zero-order valence-electron chi connectivity index (χ0n) is 14.3. The van der Waals surface area contributed by atoms with Crippen molar-refractivity contribution < 1.29 is 9.53 Å². The summed E-state index contributed by atoms with van der Waals surface area (Å²) in [4.78, 5) is 19.3. The molecule has 1 aliphatic rings. The Morgan fingerprint density at radius 2 is 1.92 bits per heavy atom. The number of ether oxygens (including phenoxy) is 1. The summed E-state index contributed by atoms with van der Waals surface area (Å²) >= 11 is 1.33. The molecule has 0 atom stereocenters. The molecule has 1 aliphatic heterocycles. The molecule has 0 saturated carbocycles. The van der Waals surface area contributed by atoms with Gasteiger partial charge in [-0.3, -0.25) is 4.79 Å². The average Bonchev–Trinajstić information content (AvgIpc) is 2.94. The molecule has 0 unspecified atom stereocenters. The maximum absolute atomic E-state index is 12.2. The van der Waals surface area contributed by atoms with Crippen LogP contribution >= 0.6 is 11.8 Å². The van der Waals surface area contributed by atoms with E-state index in [4.69, 9.17) is 4.74 Å². The molecule has 0 aromatic heterocycles. The van der Waals surface area contributed by atoms with Gasteiger partial charge in [0.15, 0.2) is 5.17 Å². The van der Waals surface area contributed by atoms with Gasteiger partial charge in [-0.2, -0.15) is 0 Å². The normalized spacial score (nSPS) is 17.0. The van der Waals surface area contributed by atoms with Crippen molar-refractivity contribution in [3.8, 4) is 5.75 Å². The third-order valence-corrected chi connectivity index (χ3v) is 4.55. The molecular weight excluding hydrogens is 334 g/mol. The van der Waals surface area contributed by atoms with Gasteiger partial charge in [-0.05, 0) is 47.7 Å². The average molecular weight is 353 g/mol. The molecule has 0 spiro atoms. The number of hydrogen-bond donors (Lipinski definition) is 1. The third kappa shape index (κ3) is 4.22. The van der Waals surface area contributed by atoms with Crippen LogP contribution in [0.2, 0.25) is 0 Å². The zero-order valence-corrected chi connectivity index (χ0v) is 15.1. The van der Waals surface area contributed by atoms with Crippen molar-refractivity contribution >= 4 is 40.3 Å². The molecule has 0 radical (unpaired) electrons. The highest BCUT2D eigenvalue weighted by Gasteiger charge is 2.23. The molecule has 5 nitrogen and oxygen atoms in total. The molecule has 1 saturated heterocycles. The van der Waals surface area contributed by atoms with Gasteiger partial charge in [0.2, 0.25) is 0 Å². The van der Waals surface area contributed by atoms with Gasteiger partial charge in [0.25, 0.3) is 5.91 Å². The molecule has 0 aliphatic carbocycles. The van der Waals surface area contributed by atoms with E-state index in [0.717, 1.165) is 22.7 Å². The van der Waals surface area contributed by atoms with Crippen LogP contribution in [0, 0.1) is 0 Å². The Balaban J connectivity index is 1.78. The summed E-state index contributed by atoms with van der Waals surface area (Å²) in [5.41, 5.74) is 2.83. The molecule has 3 rings (SSSR count). The van der Waals surface area contributed by atoms with E-state index in [0.29, 0.717) is 10.1 Å². The Kier molecular flexibility index (Phi) is 5.09. The van der Waals surface area contributed by atoms with Crippen molar-refractivity contribution in [2.45, 2.75) is 0 Å². The van der Waals surface area contributed by atoms with E-state index in [1.165, 1.54) is 11.8 Å². The van der Waals surface area contributed by atoms with Gasteiger partial charge in [0.05, 0.1) is 17.7 Å². The van der Waals surface area contributed by atoms with E-state index in [-0.39, 0.29) is 5.91 Å². The number of carbonyl (C=O) groups is 1. The molecule has 128 valence electrons. The first kappa shape index (κ1) is 17.1. The van der Waals surface area contributed by atoms with E-state index in [2.05, 4.69) is 10.3 Å². The van der Waals surface area contributed by atoms with Gasteiger partial charge in [-0.1, -0.05) is 18.2 Å². The Bertz CT molecular complexity index is 842. The van der Waals surface area contributed by atoms with Crippen molar-refractivity contribution in [3.05, 3.63) is 59.0 Å².